The maximum atomic E-state index is 4.17. The van der Waals surface area contributed by atoms with Gasteiger partial charge >= 0.3 is 0 Å². The van der Waals surface area contributed by atoms with E-state index in [1.807, 2.05) is 6.07 Å². The maximum absolute atomic E-state index is 4.17. The molecule has 0 aliphatic carbocycles. The molecule has 1 fully saturated rings. The first-order chi connectivity index (χ1) is 8.24. The Morgan fingerprint density at radius 1 is 1.41 bits per heavy atom. The molecule has 94 valence electrons. The second-order valence-corrected chi connectivity index (χ2v) is 5.50. The van der Waals surface area contributed by atoms with E-state index in [1.54, 1.807) is 6.33 Å². The number of aromatic nitrogens is 2. The van der Waals surface area contributed by atoms with Gasteiger partial charge in [-0.3, -0.25) is 0 Å². The normalized spacial score (nSPS) is 18.2. The van der Waals surface area contributed by atoms with Crippen molar-refractivity contribution in [3.63, 3.8) is 0 Å². The van der Waals surface area contributed by atoms with Gasteiger partial charge in [-0.1, -0.05) is 0 Å². The lowest BCUT2D eigenvalue weighted by molar-refractivity contribution is 0.215. The van der Waals surface area contributed by atoms with Crippen molar-refractivity contribution in [1.29, 1.82) is 0 Å². The molecule has 1 N–H and O–H groups in total. The van der Waals surface area contributed by atoms with Gasteiger partial charge in [0, 0.05) is 12.6 Å². The predicted molar refractivity (Wildman–Crippen MR) is 73.1 cm³/mol. The van der Waals surface area contributed by atoms with Crippen molar-refractivity contribution in [2.24, 2.45) is 5.92 Å². The van der Waals surface area contributed by atoms with Gasteiger partial charge in [0.1, 0.15) is 16.7 Å². The van der Waals surface area contributed by atoms with Crippen LogP contribution in [0.15, 0.2) is 17.0 Å². The second-order valence-electron chi connectivity index (χ2n) is 4.69. The molecule has 0 aromatic carbocycles. The van der Waals surface area contributed by atoms with Crippen molar-refractivity contribution < 1.29 is 0 Å². The molecular formula is C12H19BrN4. The molecule has 0 amide bonds. The summed E-state index contributed by atoms with van der Waals surface area (Å²) in [5, 5.41) is 3.35. The van der Waals surface area contributed by atoms with E-state index < -0.39 is 0 Å². The molecule has 0 spiro atoms. The molecule has 17 heavy (non-hydrogen) atoms. The Kier molecular flexibility index (Phi) is 4.74. The number of rotatable bonds is 4. The fraction of sp³-hybridized carbons (Fsp3) is 0.667. The zero-order chi connectivity index (χ0) is 12.1. The third kappa shape index (κ3) is 4.24. The SMILES string of the molecule is CN1CCC(CCNc2cc(Br)ncn2)CC1. The third-order valence-electron chi connectivity index (χ3n) is 3.33. The zero-order valence-corrected chi connectivity index (χ0v) is 11.8. The van der Waals surface area contributed by atoms with Crippen LogP contribution in [-0.2, 0) is 0 Å². The lowest BCUT2D eigenvalue weighted by Gasteiger charge is -2.28. The highest BCUT2D eigenvalue weighted by atomic mass is 79.9. The van der Waals surface area contributed by atoms with Crippen molar-refractivity contribution in [2.75, 3.05) is 32.0 Å². The van der Waals surface area contributed by atoms with Gasteiger partial charge in [-0.2, -0.15) is 0 Å². The predicted octanol–water partition coefficient (Wildman–Crippen LogP) is 2.38. The van der Waals surface area contributed by atoms with E-state index in [1.165, 1.54) is 32.4 Å². The van der Waals surface area contributed by atoms with Crippen LogP contribution in [0.3, 0.4) is 0 Å². The van der Waals surface area contributed by atoms with E-state index in [4.69, 9.17) is 0 Å². The number of halogens is 1. The van der Waals surface area contributed by atoms with Crippen molar-refractivity contribution >= 4 is 21.7 Å². The largest absolute Gasteiger partial charge is 0.370 e. The number of likely N-dealkylation sites (tertiary alicyclic amines) is 1. The summed E-state index contributed by atoms with van der Waals surface area (Å²) >= 11 is 3.34. The van der Waals surface area contributed by atoms with Crippen LogP contribution >= 0.6 is 15.9 Å². The average Bonchev–Trinajstić information content (AvgIpc) is 2.32. The molecule has 0 bridgehead atoms. The van der Waals surface area contributed by atoms with Crippen molar-refractivity contribution in [1.82, 2.24) is 14.9 Å². The third-order valence-corrected chi connectivity index (χ3v) is 3.76. The molecule has 1 aromatic heterocycles. The van der Waals surface area contributed by atoms with Crippen LogP contribution < -0.4 is 5.32 Å². The lowest BCUT2D eigenvalue weighted by Crippen LogP contribution is -2.30. The van der Waals surface area contributed by atoms with Gasteiger partial charge in [0.15, 0.2) is 0 Å². The minimum atomic E-state index is 0.828. The molecule has 0 radical (unpaired) electrons. The van der Waals surface area contributed by atoms with Crippen molar-refractivity contribution in [3.8, 4) is 0 Å². The van der Waals surface area contributed by atoms with Crippen molar-refractivity contribution in [2.45, 2.75) is 19.3 Å². The summed E-state index contributed by atoms with van der Waals surface area (Å²) in [6.45, 7) is 3.48. The molecule has 2 heterocycles. The molecule has 0 atom stereocenters. The second kappa shape index (κ2) is 6.31. The molecule has 2 rings (SSSR count). The van der Waals surface area contributed by atoms with E-state index in [9.17, 15) is 0 Å². The van der Waals surface area contributed by atoms with Gasteiger partial charge in [0.25, 0.3) is 0 Å². The van der Waals surface area contributed by atoms with Crippen LogP contribution in [0, 0.1) is 5.92 Å². The molecule has 4 nitrogen and oxygen atoms in total. The number of nitrogens with zero attached hydrogens (tertiary/aromatic N) is 3. The molecular weight excluding hydrogens is 280 g/mol. The van der Waals surface area contributed by atoms with Crippen LogP contribution in [-0.4, -0.2) is 41.5 Å². The van der Waals surface area contributed by atoms with Crippen LogP contribution in [0.5, 0.6) is 0 Å². The van der Waals surface area contributed by atoms with Crippen LogP contribution in [0.1, 0.15) is 19.3 Å². The summed E-state index contributed by atoms with van der Waals surface area (Å²) in [4.78, 5) is 10.6. The van der Waals surface area contributed by atoms with E-state index in [0.29, 0.717) is 0 Å². The van der Waals surface area contributed by atoms with E-state index in [0.717, 1.165) is 22.9 Å². The fourth-order valence-corrected chi connectivity index (χ4v) is 2.49. The lowest BCUT2D eigenvalue weighted by atomic mass is 9.94. The van der Waals surface area contributed by atoms with E-state index in [2.05, 4.69) is 43.2 Å². The highest BCUT2D eigenvalue weighted by molar-refractivity contribution is 9.10. The Balaban J connectivity index is 1.69. The first kappa shape index (κ1) is 12.8. The zero-order valence-electron chi connectivity index (χ0n) is 10.2. The smallest absolute Gasteiger partial charge is 0.130 e. The quantitative estimate of drug-likeness (QED) is 0.867. The van der Waals surface area contributed by atoms with E-state index >= 15 is 0 Å². The number of hydrogen-bond donors (Lipinski definition) is 1. The summed E-state index contributed by atoms with van der Waals surface area (Å²) in [7, 11) is 2.20. The van der Waals surface area contributed by atoms with Crippen LogP contribution in [0.25, 0.3) is 0 Å². The molecule has 1 saturated heterocycles. The van der Waals surface area contributed by atoms with Crippen LogP contribution in [0.4, 0.5) is 5.82 Å². The minimum Gasteiger partial charge on any atom is -0.370 e. The molecule has 0 saturated carbocycles. The first-order valence-electron chi connectivity index (χ1n) is 6.14. The van der Waals surface area contributed by atoms with Crippen molar-refractivity contribution in [3.05, 3.63) is 17.0 Å². The highest BCUT2D eigenvalue weighted by Crippen LogP contribution is 2.19. The Bertz CT molecular complexity index is 350. The van der Waals surface area contributed by atoms with Crippen LogP contribution in [0.2, 0.25) is 0 Å². The Labute approximate surface area is 111 Å². The number of hydrogen-bond acceptors (Lipinski definition) is 4. The number of piperidine rings is 1. The Morgan fingerprint density at radius 3 is 2.88 bits per heavy atom. The Hall–Kier alpha value is -0.680. The highest BCUT2D eigenvalue weighted by Gasteiger charge is 2.15. The van der Waals surface area contributed by atoms with E-state index in [-0.39, 0.29) is 0 Å². The maximum Gasteiger partial charge on any atom is 0.130 e. The van der Waals surface area contributed by atoms with Gasteiger partial charge in [-0.15, -0.1) is 0 Å². The van der Waals surface area contributed by atoms with Gasteiger partial charge < -0.3 is 10.2 Å². The molecule has 5 heteroatoms. The minimum absolute atomic E-state index is 0.828. The summed E-state index contributed by atoms with van der Waals surface area (Å²) in [6, 6.07) is 1.91. The van der Waals surface area contributed by atoms with Gasteiger partial charge in [0.05, 0.1) is 0 Å². The summed E-state index contributed by atoms with van der Waals surface area (Å²) < 4.78 is 0.828. The first-order valence-corrected chi connectivity index (χ1v) is 6.93. The molecule has 1 aromatic rings. The summed E-state index contributed by atoms with van der Waals surface area (Å²) in [5.41, 5.74) is 0. The molecule has 1 aliphatic rings. The fourth-order valence-electron chi connectivity index (χ4n) is 2.19. The Morgan fingerprint density at radius 2 is 2.18 bits per heavy atom. The number of anilines is 1. The molecule has 1 aliphatic heterocycles. The topological polar surface area (TPSA) is 41.0 Å². The summed E-state index contributed by atoms with van der Waals surface area (Å²) in [5.74, 6) is 1.77. The standard InChI is InChI=1S/C12H19BrN4/c1-17-6-3-10(4-7-17)2-5-14-12-8-11(13)15-9-16-12/h8-10H,2-7H2,1H3,(H,14,15,16). The number of nitrogens with one attached hydrogen (secondary N) is 1. The molecule has 0 unspecified atom stereocenters. The average molecular weight is 299 g/mol. The van der Waals surface area contributed by atoms with Gasteiger partial charge in [0.2, 0.25) is 0 Å². The summed E-state index contributed by atoms with van der Waals surface area (Å²) in [6.07, 6.45) is 5.45. The van der Waals surface area contributed by atoms with Gasteiger partial charge in [-0.05, 0) is 61.2 Å². The van der Waals surface area contributed by atoms with Gasteiger partial charge in [-0.25, -0.2) is 9.97 Å². The monoisotopic (exact) mass is 298 g/mol.